The number of nitrogens with zero attached hydrogens (tertiary/aromatic N) is 1. The third kappa shape index (κ3) is 7.77. The van der Waals surface area contributed by atoms with Gasteiger partial charge in [-0.15, -0.1) is 0 Å². The van der Waals surface area contributed by atoms with Crippen LogP contribution in [0.1, 0.15) is 59.3 Å². The zero-order valence-corrected chi connectivity index (χ0v) is 12.4. The Morgan fingerprint density at radius 3 is 2.29 bits per heavy atom. The van der Waals surface area contributed by atoms with Crippen LogP contribution in [-0.2, 0) is 0 Å². The molecule has 0 aliphatic heterocycles. The molecule has 1 aliphatic rings. The SMILES string of the molecule is CN(CCNC(C)(C)C)CCC1CCCCC1. The van der Waals surface area contributed by atoms with Crippen molar-refractivity contribution in [3.05, 3.63) is 0 Å². The monoisotopic (exact) mass is 240 g/mol. The lowest BCUT2D eigenvalue weighted by molar-refractivity contribution is 0.258. The normalized spacial score (nSPS) is 18.9. The van der Waals surface area contributed by atoms with Gasteiger partial charge in [-0.1, -0.05) is 32.1 Å². The van der Waals surface area contributed by atoms with Crippen molar-refractivity contribution in [2.24, 2.45) is 5.92 Å². The number of hydrogen-bond donors (Lipinski definition) is 1. The molecule has 0 saturated heterocycles. The van der Waals surface area contributed by atoms with E-state index in [1.807, 2.05) is 0 Å². The van der Waals surface area contributed by atoms with E-state index < -0.39 is 0 Å². The maximum Gasteiger partial charge on any atom is 0.0104 e. The smallest absolute Gasteiger partial charge is 0.0104 e. The van der Waals surface area contributed by atoms with E-state index in [2.05, 4.69) is 38.0 Å². The summed E-state index contributed by atoms with van der Waals surface area (Å²) in [5.74, 6) is 1.02. The molecule has 2 heteroatoms. The highest BCUT2D eigenvalue weighted by Crippen LogP contribution is 2.26. The highest BCUT2D eigenvalue weighted by atomic mass is 15.1. The van der Waals surface area contributed by atoms with Gasteiger partial charge >= 0.3 is 0 Å². The molecule has 1 fully saturated rings. The first kappa shape index (κ1) is 15.0. The van der Waals surface area contributed by atoms with E-state index in [0.29, 0.717) is 0 Å². The molecule has 0 radical (unpaired) electrons. The zero-order valence-electron chi connectivity index (χ0n) is 12.4. The molecule has 0 aromatic carbocycles. The van der Waals surface area contributed by atoms with Gasteiger partial charge in [-0.3, -0.25) is 0 Å². The second-order valence-corrected chi connectivity index (χ2v) is 6.77. The fourth-order valence-corrected chi connectivity index (χ4v) is 2.61. The molecule has 1 rings (SSSR count). The maximum atomic E-state index is 3.55. The Morgan fingerprint density at radius 1 is 1.06 bits per heavy atom. The molecule has 0 heterocycles. The van der Waals surface area contributed by atoms with E-state index in [1.165, 1.54) is 51.6 Å². The molecule has 0 aromatic rings. The summed E-state index contributed by atoms with van der Waals surface area (Å²) in [7, 11) is 2.26. The van der Waals surface area contributed by atoms with E-state index in [0.717, 1.165) is 12.5 Å². The van der Waals surface area contributed by atoms with Gasteiger partial charge in [0, 0.05) is 18.6 Å². The third-order valence-corrected chi connectivity index (χ3v) is 3.79. The predicted molar refractivity (Wildman–Crippen MR) is 76.4 cm³/mol. The summed E-state index contributed by atoms with van der Waals surface area (Å²) in [5, 5.41) is 3.55. The van der Waals surface area contributed by atoms with Gasteiger partial charge in [0.1, 0.15) is 0 Å². The first-order valence-corrected chi connectivity index (χ1v) is 7.41. The number of likely N-dealkylation sites (N-methyl/N-ethyl adjacent to an activating group) is 1. The van der Waals surface area contributed by atoms with Crippen LogP contribution < -0.4 is 5.32 Å². The van der Waals surface area contributed by atoms with E-state index in [1.54, 1.807) is 0 Å². The fourth-order valence-electron chi connectivity index (χ4n) is 2.61. The Balaban J connectivity index is 2.02. The van der Waals surface area contributed by atoms with Crippen molar-refractivity contribution in [3.63, 3.8) is 0 Å². The highest BCUT2D eigenvalue weighted by Gasteiger charge is 2.14. The van der Waals surface area contributed by atoms with Crippen LogP contribution in [0.3, 0.4) is 0 Å². The molecule has 0 spiro atoms. The first-order valence-electron chi connectivity index (χ1n) is 7.41. The molecule has 17 heavy (non-hydrogen) atoms. The van der Waals surface area contributed by atoms with Gasteiger partial charge in [-0.2, -0.15) is 0 Å². The van der Waals surface area contributed by atoms with Crippen molar-refractivity contribution in [3.8, 4) is 0 Å². The minimum atomic E-state index is 0.254. The van der Waals surface area contributed by atoms with Crippen LogP contribution in [-0.4, -0.2) is 37.1 Å². The third-order valence-electron chi connectivity index (χ3n) is 3.79. The number of hydrogen-bond acceptors (Lipinski definition) is 2. The second-order valence-electron chi connectivity index (χ2n) is 6.77. The van der Waals surface area contributed by atoms with Gasteiger partial charge in [-0.25, -0.2) is 0 Å². The first-order chi connectivity index (χ1) is 7.97. The summed E-state index contributed by atoms with van der Waals surface area (Å²) in [5.41, 5.74) is 0.254. The lowest BCUT2D eigenvalue weighted by Gasteiger charge is -2.26. The molecule has 0 unspecified atom stereocenters. The van der Waals surface area contributed by atoms with Crippen LogP contribution in [0.5, 0.6) is 0 Å². The van der Waals surface area contributed by atoms with Crippen LogP contribution in [0, 0.1) is 5.92 Å². The minimum Gasteiger partial charge on any atom is -0.311 e. The summed E-state index contributed by atoms with van der Waals surface area (Å²) >= 11 is 0. The average Bonchev–Trinajstić information content (AvgIpc) is 2.26. The summed E-state index contributed by atoms with van der Waals surface area (Å²) in [4.78, 5) is 2.48. The number of nitrogens with one attached hydrogen (secondary N) is 1. The van der Waals surface area contributed by atoms with Crippen molar-refractivity contribution in [1.29, 1.82) is 0 Å². The Morgan fingerprint density at radius 2 is 1.71 bits per heavy atom. The van der Waals surface area contributed by atoms with Crippen LogP contribution in [0.15, 0.2) is 0 Å². The van der Waals surface area contributed by atoms with Crippen molar-refractivity contribution in [2.75, 3.05) is 26.7 Å². The molecule has 102 valence electrons. The summed E-state index contributed by atoms with van der Waals surface area (Å²) in [6, 6.07) is 0. The van der Waals surface area contributed by atoms with Gasteiger partial charge in [0.05, 0.1) is 0 Å². The topological polar surface area (TPSA) is 15.3 Å². The van der Waals surface area contributed by atoms with E-state index in [9.17, 15) is 0 Å². The molecule has 2 nitrogen and oxygen atoms in total. The summed E-state index contributed by atoms with van der Waals surface area (Å²) in [6.07, 6.45) is 8.79. The van der Waals surface area contributed by atoms with Crippen LogP contribution in [0.25, 0.3) is 0 Å². The molecule has 1 aliphatic carbocycles. The fraction of sp³-hybridized carbons (Fsp3) is 1.00. The molecular weight excluding hydrogens is 208 g/mol. The summed E-state index contributed by atoms with van der Waals surface area (Å²) < 4.78 is 0. The molecule has 0 amide bonds. The molecule has 1 N–H and O–H groups in total. The molecule has 0 atom stereocenters. The largest absolute Gasteiger partial charge is 0.311 e. The summed E-state index contributed by atoms with van der Waals surface area (Å²) in [6.45, 7) is 10.2. The van der Waals surface area contributed by atoms with Crippen molar-refractivity contribution in [1.82, 2.24) is 10.2 Å². The zero-order chi connectivity index (χ0) is 12.7. The van der Waals surface area contributed by atoms with Crippen LogP contribution in [0.2, 0.25) is 0 Å². The second kappa shape index (κ2) is 7.38. The van der Waals surface area contributed by atoms with Gasteiger partial charge in [0.25, 0.3) is 0 Å². The van der Waals surface area contributed by atoms with Crippen molar-refractivity contribution < 1.29 is 0 Å². The standard InChI is InChI=1S/C15H32N2/c1-15(2,3)16-11-13-17(4)12-10-14-8-6-5-7-9-14/h14,16H,5-13H2,1-4H3. The number of rotatable bonds is 6. The van der Waals surface area contributed by atoms with Crippen molar-refractivity contribution >= 4 is 0 Å². The van der Waals surface area contributed by atoms with Gasteiger partial charge in [0.2, 0.25) is 0 Å². The highest BCUT2D eigenvalue weighted by molar-refractivity contribution is 4.71. The van der Waals surface area contributed by atoms with E-state index >= 15 is 0 Å². The average molecular weight is 240 g/mol. The Labute approximate surface area is 108 Å². The van der Waals surface area contributed by atoms with E-state index in [-0.39, 0.29) is 5.54 Å². The molecule has 0 aromatic heterocycles. The molecular formula is C15H32N2. The lowest BCUT2D eigenvalue weighted by atomic mass is 9.87. The van der Waals surface area contributed by atoms with Crippen molar-refractivity contribution in [2.45, 2.75) is 64.8 Å². The van der Waals surface area contributed by atoms with E-state index in [4.69, 9.17) is 0 Å². The van der Waals surface area contributed by atoms with Crippen LogP contribution in [0.4, 0.5) is 0 Å². The predicted octanol–water partition coefficient (Wildman–Crippen LogP) is 3.28. The Kier molecular flexibility index (Phi) is 6.50. The Bertz CT molecular complexity index is 190. The van der Waals surface area contributed by atoms with Gasteiger partial charge < -0.3 is 10.2 Å². The van der Waals surface area contributed by atoms with Gasteiger partial charge in [-0.05, 0) is 46.7 Å². The molecule has 1 saturated carbocycles. The lowest BCUT2D eigenvalue weighted by Crippen LogP contribution is -2.40. The Hall–Kier alpha value is -0.0800. The van der Waals surface area contributed by atoms with Crippen LogP contribution >= 0.6 is 0 Å². The maximum absolute atomic E-state index is 3.55. The molecule has 0 bridgehead atoms. The minimum absolute atomic E-state index is 0.254. The quantitative estimate of drug-likeness (QED) is 0.766. The van der Waals surface area contributed by atoms with Gasteiger partial charge in [0.15, 0.2) is 0 Å².